The molecule has 0 radical (unpaired) electrons. The highest BCUT2D eigenvalue weighted by atomic mass is 35.5. The van der Waals surface area contributed by atoms with E-state index in [0.29, 0.717) is 24.0 Å². The number of imidazole rings is 1. The quantitative estimate of drug-likeness (QED) is 0.452. The fourth-order valence-electron chi connectivity index (χ4n) is 4.24. The number of aliphatic hydroxyl groups excluding tert-OH is 1. The minimum absolute atomic E-state index is 0. The van der Waals surface area contributed by atoms with Gasteiger partial charge >= 0.3 is 6.18 Å². The van der Waals surface area contributed by atoms with Gasteiger partial charge < -0.3 is 19.3 Å². The number of β-amino-alcohol motifs (C(OH)–C–C–N with tert-alkyl or cyclic N) is 1. The number of halogens is 4. The van der Waals surface area contributed by atoms with Crippen molar-refractivity contribution >= 4 is 23.4 Å². The summed E-state index contributed by atoms with van der Waals surface area (Å²) in [6.07, 6.45) is -2.48. The predicted octanol–water partition coefficient (Wildman–Crippen LogP) is 3.33. The van der Waals surface area contributed by atoms with Gasteiger partial charge in [-0.2, -0.15) is 18.4 Å². The van der Waals surface area contributed by atoms with Crippen molar-refractivity contribution in [3.05, 3.63) is 41.9 Å². The number of piperazine rings is 1. The van der Waals surface area contributed by atoms with Crippen LogP contribution in [0.2, 0.25) is 0 Å². The van der Waals surface area contributed by atoms with Crippen molar-refractivity contribution in [2.75, 3.05) is 52.5 Å². The molecule has 1 saturated heterocycles. The standard InChI is InChI=1S/C24H27F3N6O2.ClH/c1-31-16-29-23-20(15-28)30-19(14-21(23)31)17-3-4-22(18(13-17)24(25,26)27)35-12-2-5-32-6-8-33(9-7-32)10-11-34;/h3-4,13-14,16,34H,2,5-12H2,1H3;1H. The van der Waals surface area contributed by atoms with Crippen LogP contribution in [0.4, 0.5) is 13.2 Å². The second kappa shape index (κ2) is 11.9. The Morgan fingerprint density at radius 3 is 2.44 bits per heavy atom. The number of fused-ring (bicyclic) bond motifs is 1. The van der Waals surface area contributed by atoms with E-state index in [1.165, 1.54) is 18.5 Å². The minimum atomic E-state index is -4.61. The number of aliphatic hydroxyl groups is 1. The van der Waals surface area contributed by atoms with Crippen molar-refractivity contribution in [2.24, 2.45) is 7.05 Å². The Hall–Kier alpha value is -2.91. The van der Waals surface area contributed by atoms with Gasteiger partial charge in [0.05, 0.1) is 36.3 Å². The molecule has 3 aromatic rings. The lowest BCUT2D eigenvalue weighted by Gasteiger charge is -2.34. The fourth-order valence-corrected chi connectivity index (χ4v) is 4.24. The van der Waals surface area contributed by atoms with E-state index in [2.05, 4.69) is 19.8 Å². The first-order valence-electron chi connectivity index (χ1n) is 11.4. The van der Waals surface area contributed by atoms with E-state index in [0.717, 1.165) is 38.8 Å². The SMILES string of the molecule is Cl.Cn1cnc2c(C#N)nc(-c3ccc(OCCCN4CCN(CCO)CC4)c(C(F)(F)F)c3)cc21. The van der Waals surface area contributed by atoms with E-state index in [1.807, 2.05) is 6.07 Å². The maximum Gasteiger partial charge on any atom is 0.419 e. The number of pyridine rings is 1. The molecule has 0 unspecified atom stereocenters. The van der Waals surface area contributed by atoms with Crippen LogP contribution < -0.4 is 4.74 Å². The summed E-state index contributed by atoms with van der Waals surface area (Å²) in [6, 6.07) is 7.44. The number of rotatable bonds is 8. The molecule has 1 N–H and O–H groups in total. The highest BCUT2D eigenvalue weighted by Crippen LogP contribution is 2.39. The van der Waals surface area contributed by atoms with Crippen LogP contribution in [0.3, 0.4) is 0 Å². The average Bonchev–Trinajstić information content (AvgIpc) is 3.22. The summed E-state index contributed by atoms with van der Waals surface area (Å²) in [6.45, 7) is 5.16. The van der Waals surface area contributed by atoms with Gasteiger partial charge in [0.15, 0.2) is 5.69 Å². The molecule has 3 heterocycles. The number of aryl methyl sites for hydroxylation is 1. The number of benzene rings is 1. The Morgan fingerprint density at radius 2 is 1.81 bits per heavy atom. The van der Waals surface area contributed by atoms with Gasteiger partial charge in [0.2, 0.25) is 0 Å². The Morgan fingerprint density at radius 1 is 1.11 bits per heavy atom. The van der Waals surface area contributed by atoms with Crippen LogP contribution in [0.15, 0.2) is 30.6 Å². The highest BCUT2D eigenvalue weighted by molar-refractivity contribution is 5.85. The Labute approximate surface area is 213 Å². The van der Waals surface area contributed by atoms with Crippen LogP contribution in [0.25, 0.3) is 22.3 Å². The molecule has 194 valence electrons. The van der Waals surface area contributed by atoms with Crippen molar-refractivity contribution in [3.63, 3.8) is 0 Å². The molecule has 0 atom stereocenters. The zero-order valence-corrected chi connectivity index (χ0v) is 20.6. The zero-order chi connectivity index (χ0) is 25.0. The first kappa shape index (κ1) is 27.7. The molecule has 0 spiro atoms. The van der Waals surface area contributed by atoms with Crippen molar-refractivity contribution in [3.8, 4) is 23.1 Å². The van der Waals surface area contributed by atoms with Crippen LogP contribution in [0, 0.1) is 11.3 Å². The third kappa shape index (κ3) is 6.25. The predicted molar refractivity (Wildman–Crippen MR) is 131 cm³/mol. The van der Waals surface area contributed by atoms with Gasteiger partial charge in [0, 0.05) is 51.9 Å². The Bertz CT molecular complexity index is 1220. The second-order valence-corrected chi connectivity index (χ2v) is 8.51. The van der Waals surface area contributed by atoms with Crippen molar-refractivity contribution in [1.29, 1.82) is 5.26 Å². The summed E-state index contributed by atoms with van der Waals surface area (Å²) in [5, 5.41) is 18.4. The Balaban J connectivity index is 0.00000361. The first-order valence-corrected chi connectivity index (χ1v) is 11.4. The maximum absolute atomic E-state index is 13.9. The van der Waals surface area contributed by atoms with Gasteiger partial charge in [0.25, 0.3) is 0 Å². The lowest BCUT2D eigenvalue weighted by atomic mass is 10.1. The number of ether oxygens (including phenoxy) is 1. The smallest absolute Gasteiger partial charge is 0.419 e. The van der Waals surface area contributed by atoms with Crippen molar-refractivity contribution in [1.82, 2.24) is 24.3 Å². The van der Waals surface area contributed by atoms with Gasteiger partial charge in [0.1, 0.15) is 17.3 Å². The third-order valence-electron chi connectivity index (χ3n) is 6.16. The van der Waals surface area contributed by atoms with Gasteiger partial charge in [-0.3, -0.25) is 4.90 Å². The van der Waals surface area contributed by atoms with E-state index in [9.17, 15) is 18.4 Å². The van der Waals surface area contributed by atoms with E-state index in [1.54, 1.807) is 17.7 Å². The largest absolute Gasteiger partial charge is 0.493 e. The molecular weight excluding hydrogens is 497 g/mol. The molecule has 1 aliphatic heterocycles. The van der Waals surface area contributed by atoms with Gasteiger partial charge in [-0.25, -0.2) is 9.97 Å². The molecule has 4 rings (SSSR count). The molecule has 0 saturated carbocycles. The van der Waals surface area contributed by atoms with Crippen LogP contribution in [0.1, 0.15) is 17.7 Å². The zero-order valence-electron chi connectivity index (χ0n) is 19.8. The maximum atomic E-state index is 13.9. The molecule has 36 heavy (non-hydrogen) atoms. The van der Waals surface area contributed by atoms with E-state index in [-0.39, 0.29) is 48.3 Å². The number of aromatic nitrogens is 3. The normalized spacial score (nSPS) is 15.0. The third-order valence-corrected chi connectivity index (χ3v) is 6.16. The van der Waals surface area contributed by atoms with Crippen molar-refractivity contribution in [2.45, 2.75) is 12.6 Å². The van der Waals surface area contributed by atoms with Crippen molar-refractivity contribution < 1.29 is 23.0 Å². The highest BCUT2D eigenvalue weighted by Gasteiger charge is 2.35. The second-order valence-electron chi connectivity index (χ2n) is 8.51. The van der Waals surface area contributed by atoms with Crippen LogP contribution in [0.5, 0.6) is 5.75 Å². The molecule has 1 aromatic carbocycles. The summed E-state index contributed by atoms with van der Waals surface area (Å²) in [4.78, 5) is 12.8. The summed E-state index contributed by atoms with van der Waals surface area (Å²) in [5.74, 6) is -0.226. The molecule has 0 amide bonds. The molecule has 8 nitrogen and oxygen atoms in total. The molecule has 0 bridgehead atoms. The summed E-state index contributed by atoms with van der Waals surface area (Å²) >= 11 is 0. The van der Waals surface area contributed by atoms with Gasteiger partial charge in [-0.15, -0.1) is 12.4 Å². The van der Waals surface area contributed by atoms with Crippen LogP contribution in [-0.2, 0) is 13.2 Å². The molecule has 1 aliphatic rings. The lowest BCUT2D eigenvalue weighted by Crippen LogP contribution is -2.47. The number of nitrogens with zero attached hydrogens (tertiary/aromatic N) is 6. The average molecular weight is 525 g/mol. The molecule has 0 aliphatic carbocycles. The summed E-state index contributed by atoms with van der Waals surface area (Å²) in [5.41, 5.74) is 0.699. The first-order chi connectivity index (χ1) is 16.8. The molecule has 12 heteroatoms. The lowest BCUT2D eigenvalue weighted by molar-refractivity contribution is -0.138. The van der Waals surface area contributed by atoms with E-state index < -0.39 is 11.7 Å². The monoisotopic (exact) mass is 524 g/mol. The molecular formula is C24H28ClF3N6O2. The minimum Gasteiger partial charge on any atom is -0.493 e. The number of alkyl halides is 3. The van der Waals surface area contributed by atoms with Crippen LogP contribution in [-0.4, -0.2) is 81.9 Å². The van der Waals surface area contributed by atoms with Gasteiger partial charge in [-0.05, 0) is 30.7 Å². The Kier molecular flexibility index (Phi) is 9.13. The molecule has 1 fully saturated rings. The summed E-state index contributed by atoms with van der Waals surface area (Å²) < 4.78 is 48.8. The van der Waals surface area contributed by atoms with E-state index >= 15 is 0 Å². The fraction of sp³-hybridized carbons (Fsp3) is 0.458. The van der Waals surface area contributed by atoms with Crippen LogP contribution >= 0.6 is 12.4 Å². The number of hydrogen-bond acceptors (Lipinski definition) is 7. The number of hydrogen-bond donors (Lipinski definition) is 1. The van der Waals surface area contributed by atoms with E-state index in [4.69, 9.17) is 9.84 Å². The topological polar surface area (TPSA) is 90.4 Å². The molecule has 2 aromatic heterocycles. The summed E-state index contributed by atoms with van der Waals surface area (Å²) in [7, 11) is 1.74. The number of nitriles is 1. The van der Waals surface area contributed by atoms with Gasteiger partial charge in [-0.1, -0.05) is 0 Å².